The zero-order valence-electron chi connectivity index (χ0n) is 17.2. The van der Waals surface area contributed by atoms with Gasteiger partial charge in [0.15, 0.2) is 0 Å². The van der Waals surface area contributed by atoms with Crippen LogP contribution >= 0.6 is 0 Å². The summed E-state index contributed by atoms with van der Waals surface area (Å²) in [7, 11) is 0. The van der Waals surface area contributed by atoms with E-state index < -0.39 is 0 Å². The smallest absolute Gasteiger partial charge is 0.117 e. The average Bonchev–Trinajstić information content (AvgIpc) is 3.59. The van der Waals surface area contributed by atoms with Gasteiger partial charge in [-0.25, -0.2) is 0 Å². The molecular weight excluding hydrogens is 361 g/mol. The summed E-state index contributed by atoms with van der Waals surface area (Å²) in [6.07, 6.45) is 8.83. The fraction of sp³-hybridized carbons (Fsp3) is 0.462. The molecule has 1 saturated heterocycles. The van der Waals surface area contributed by atoms with Crippen LogP contribution in [0.2, 0.25) is 0 Å². The highest BCUT2D eigenvalue weighted by atomic mass is 19.1. The van der Waals surface area contributed by atoms with Crippen LogP contribution in [0.1, 0.15) is 54.7 Å². The quantitative estimate of drug-likeness (QED) is 0.565. The maximum atomic E-state index is 13.5. The molecule has 0 spiro atoms. The lowest BCUT2D eigenvalue weighted by Crippen LogP contribution is -2.34. The molecule has 2 nitrogen and oxygen atoms in total. The number of phenols is 1. The van der Waals surface area contributed by atoms with Gasteiger partial charge in [-0.1, -0.05) is 36.9 Å². The van der Waals surface area contributed by atoms with Crippen molar-refractivity contribution in [3.8, 4) is 5.75 Å². The van der Waals surface area contributed by atoms with Gasteiger partial charge in [-0.15, -0.1) is 0 Å². The number of hydrogen-bond donors (Lipinski definition) is 1. The lowest BCUT2D eigenvalue weighted by Gasteiger charge is -2.34. The number of hydrogen-bond acceptors (Lipinski definition) is 2. The zero-order chi connectivity index (χ0) is 20.2. The Kier molecular flexibility index (Phi) is 6.22. The number of rotatable bonds is 8. The van der Waals surface area contributed by atoms with Gasteiger partial charge in [0.2, 0.25) is 0 Å². The predicted molar refractivity (Wildman–Crippen MR) is 119 cm³/mol. The first-order chi connectivity index (χ1) is 14.2. The van der Waals surface area contributed by atoms with E-state index in [1.54, 1.807) is 6.07 Å². The van der Waals surface area contributed by atoms with Crippen LogP contribution in [0.15, 0.2) is 49.0 Å². The molecular formula is C26H32FNO. The minimum Gasteiger partial charge on any atom is -0.508 e. The number of piperidine rings is 1. The monoisotopic (exact) mass is 393 g/mol. The number of alkyl halides is 1. The standard InChI is InChI=1S/C26H32FNO/c1-2-21-10-11-24(29)17-26(21)28-14-12-19(13-15-28)6-7-20-4-3-5-23(16-20)25(18-27)22-8-9-22/h2-5,10-11,16-17,19,22,25,29H,1,6-9,12-15,18H2. The van der Waals surface area contributed by atoms with Crippen molar-refractivity contribution in [1.29, 1.82) is 0 Å². The van der Waals surface area contributed by atoms with Crippen LogP contribution in [-0.4, -0.2) is 24.9 Å². The second-order valence-corrected chi connectivity index (χ2v) is 8.76. The van der Waals surface area contributed by atoms with Crippen LogP contribution in [0.5, 0.6) is 5.75 Å². The van der Waals surface area contributed by atoms with E-state index in [0.29, 0.717) is 11.7 Å². The number of benzene rings is 2. The molecule has 0 amide bonds. The maximum absolute atomic E-state index is 13.5. The Morgan fingerprint density at radius 3 is 2.59 bits per heavy atom. The van der Waals surface area contributed by atoms with Crippen LogP contribution in [0.3, 0.4) is 0 Å². The van der Waals surface area contributed by atoms with E-state index in [1.807, 2.05) is 18.2 Å². The molecule has 1 saturated carbocycles. The molecule has 1 atom stereocenters. The van der Waals surface area contributed by atoms with Crippen molar-refractivity contribution in [2.45, 2.75) is 44.4 Å². The highest BCUT2D eigenvalue weighted by Gasteiger charge is 2.32. The molecule has 0 radical (unpaired) electrons. The van der Waals surface area contributed by atoms with E-state index in [9.17, 15) is 9.50 Å². The summed E-state index contributed by atoms with van der Waals surface area (Å²) in [6.45, 7) is 5.70. The van der Waals surface area contributed by atoms with Crippen molar-refractivity contribution in [2.75, 3.05) is 24.7 Å². The maximum Gasteiger partial charge on any atom is 0.117 e. The van der Waals surface area contributed by atoms with Crippen molar-refractivity contribution in [3.05, 3.63) is 65.7 Å². The van der Waals surface area contributed by atoms with Crippen LogP contribution in [0, 0.1) is 11.8 Å². The van der Waals surface area contributed by atoms with Crippen LogP contribution < -0.4 is 4.90 Å². The third kappa shape index (κ3) is 4.83. The Morgan fingerprint density at radius 1 is 1.10 bits per heavy atom. The number of phenolic OH excluding ortho intramolecular Hbond substituents is 1. The fourth-order valence-electron chi connectivity index (χ4n) is 4.78. The van der Waals surface area contributed by atoms with Gasteiger partial charge < -0.3 is 10.0 Å². The number of nitrogens with zero attached hydrogens (tertiary/aromatic N) is 1. The first kappa shape index (κ1) is 20.0. The summed E-state index contributed by atoms with van der Waals surface area (Å²) < 4.78 is 13.5. The molecule has 1 N–H and O–H groups in total. The molecule has 4 rings (SSSR count). The normalized spacial score (nSPS) is 18.6. The van der Waals surface area contributed by atoms with Crippen molar-refractivity contribution in [2.24, 2.45) is 11.8 Å². The van der Waals surface area contributed by atoms with Crippen LogP contribution in [0.25, 0.3) is 6.08 Å². The summed E-state index contributed by atoms with van der Waals surface area (Å²) in [6, 6.07) is 14.2. The van der Waals surface area contributed by atoms with Gasteiger partial charge in [0.05, 0.1) is 6.67 Å². The van der Waals surface area contributed by atoms with Gasteiger partial charge in [0.25, 0.3) is 0 Å². The van der Waals surface area contributed by atoms with Crippen molar-refractivity contribution < 1.29 is 9.50 Å². The van der Waals surface area contributed by atoms with Crippen molar-refractivity contribution >= 4 is 11.8 Å². The lowest BCUT2D eigenvalue weighted by atomic mass is 9.88. The number of aromatic hydroxyl groups is 1. The first-order valence-electron chi connectivity index (χ1n) is 11.0. The highest BCUT2D eigenvalue weighted by Crippen LogP contribution is 2.43. The molecule has 1 aliphatic carbocycles. The van der Waals surface area contributed by atoms with Gasteiger partial charge >= 0.3 is 0 Å². The van der Waals surface area contributed by atoms with E-state index in [2.05, 4.69) is 35.7 Å². The topological polar surface area (TPSA) is 23.5 Å². The molecule has 1 heterocycles. The first-order valence-corrected chi connectivity index (χ1v) is 11.0. The molecule has 1 unspecified atom stereocenters. The van der Waals surface area contributed by atoms with Crippen LogP contribution in [0.4, 0.5) is 10.1 Å². The predicted octanol–water partition coefficient (Wildman–Crippen LogP) is 6.35. The van der Waals surface area contributed by atoms with Gasteiger partial charge in [-0.05, 0) is 79.2 Å². The largest absolute Gasteiger partial charge is 0.508 e. The van der Waals surface area contributed by atoms with Crippen LogP contribution in [-0.2, 0) is 6.42 Å². The third-order valence-corrected chi connectivity index (χ3v) is 6.77. The Labute approximate surface area is 174 Å². The fourth-order valence-corrected chi connectivity index (χ4v) is 4.78. The molecule has 154 valence electrons. The molecule has 2 aromatic rings. The molecule has 2 aromatic carbocycles. The Morgan fingerprint density at radius 2 is 1.90 bits per heavy atom. The van der Waals surface area contributed by atoms with Gasteiger partial charge in [0, 0.05) is 30.8 Å². The van der Waals surface area contributed by atoms with Gasteiger partial charge in [-0.3, -0.25) is 4.39 Å². The molecule has 2 fully saturated rings. The summed E-state index contributed by atoms with van der Waals surface area (Å²) in [4.78, 5) is 2.37. The lowest BCUT2D eigenvalue weighted by molar-refractivity contribution is 0.381. The van der Waals surface area contributed by atoms with E-state index >= 15 is 0 Å². The van der Waals surface area contributed by atoms with Gasteiger partial charge in [0.1, 0.15) is 5.75 Å². The zero-order valence-corrected chi connectivity index (χ0v) is 17.2. The number of anilines is 1. The van der Waals surface area contributed by atoms with Crippen molar-refractivity contribution in [3.63, 3.8) is 0 Å². The molecule has 2 aliphatic rings. The Balaban J connectivity index is 1.32. The number of aryl methyl sites for hydroxylation is 1. The summed E-state index contributed by atoms with van der Waals surface area (Å²) in [5.74, 6) is 1.71. The Hall–Kier alpha value is -2.29. The minimum absolute atomic E-state index is 0.111. The van der Waals surface area contributed by atoms with Gasteiger partial charge in [-0.2, -0.15) is 0 Å². The summed E-state index contributed by atoms with van der Waals surface area (Å²) >= 11 is 0. The van der Waals surface area contributed by atoms with E-state index in [0.717, 1.165) is 36.7 Å². The summed E-state index contributed by atoms with van der Waals surface area (Å²) in [5.41, 5.74) is 4.72. The van der Waals surface area contributed by atoms with E-state index in [4.69, 9.17) is 0 Å². The molecule has 3 heteroatoms. The Bertz CT molecular complexity index is 836. The summed E-state index contributed by atoms with van der Waals surface area (Å²) in [5, 5.41) is 9.86. The highest BCUT2D eigenvalue weighted by molar-refractivity contribution is 5.68. The van der Waals surface area contributed by atoms with E-state index in [1.165, 1.54) is 43.2 Å². The SMILES string of the molecule is C=Cc1ccc(O)cc1N1CCC(CCc2cccc(C(CF)C3CC3)c2)CC1. The second kappa shape index (κ2) is 9.02. The average molecular weight is 394 g/mol. The minimum atomic E-state index is -0.228. The second-order valence-electron chi connectivity index (χ2n) is 8.76. The molecule has 0 aromatic heterocycles. The van der Waals surface area contributed by atoms with E-state index in [-0.39, 0.29) is 12.6 Å². The molecule has 0 bridgehead atoms. The number of halogens is 1. The molecule has 29 heavy (non-hydrogen) atoms. The third-order valence-electron chi connectivity index (χ3n) is 6.77. The van der Waals surface area contributed by atoms with Crippen molar-refractivity contribution in [1.82, 2.24) is 0 Å². The molecule has 1 aliphatic heterocycles.